The van der Waals surface area contributed by atoms with E-state index in [1.807, 2.05) is 0 Å². The minimum absolute atomic E-state index is 0.354. The second-order valence-electron chi connectivity index (χ2n) is 21.2. The SMILES string of the molecule is CC1(c2cccc(N(c3ccc(-c4ccc5c(c4)[Si](c4ccccc4)(c4ccccc4)c4ccccc4-5)cc3)c3cccc([Si]4(c5ccccc5)c5ccccc5-c5ccccc54)c3)c2)c2ccccc2-c2ccccc21. The molecule has 1 nitrogen and oxygen atoms in total. The van der Waals surface area contributed by atoms with Crippen LogP contribution in [0.5, 0.6) is 0 Å². The molecule has 362 valence electrons. The second-order valence-corrected chi connectivity index (χ2v) is 28.7. The van der Waals surface area contributed by atoms with Crippen LogP contribution in [0.3, 0.4) is 0 Å². The number of benzene rings is 12. The fourth-order valence-electron chi connectivity index (χ4n) is 14.2. The molecular weight excluding hydrogens is 959 g/mol. The highest BCUT2D eigenvalue weighted by atomic mass is 28.3. The van der Waals surface area contributed by atoms with E-state index >= 15 is 0 Å². The zero-order valence-electron chi connectivity index (χ0n) is 42.8. The molecule has 0 unspecified atom stereocenters. The van der Waals surface area contributed by atoms with Gasteiger partial charge in [0.2, 0.25) is 0 Å². The van der Waals surface area contributed by atoms with E-state index in [2.05, 4.69) is 315 Å². The lowest BCUT2D eigenvalue weighted by atomic mass is 9.74. The second kappa shape index (κ2) is 17.7. The Labute approximate surface area is 453 Å². The van der Waals surface area contributed by atoms with Gasteiger partial charge in [-0.15, -0.1) is 0 Å². The van der Waals surface area contributed by atoms with Crippen LogP contribution in [0.4, 0.5) is 17.1 Å². The molecular formula is C74H53NSi2. The number of fused-ring (bicyclic) bond motifs is 9. The zero-order chi connectivity index (χ0) is 51.1. The third-order valence-corrected chi connectivity index (χ3v) is 27.2. The molecule has 0 radical (unpaired) electrons. The molecule has 0 amide bonds. The maximum Gasteiger partial charge on any atom is 0.180 e. The monoisotopic (exact) mass is 1010 g/mol. The van der Waals surface area contributed by atoms with Crippen molar-refractivity contribution in [1.29, 1.82) is 0 Å². The van der Waals surface area contributed by atoms with Crippen molar-refractivity contribution in [2.24, 2.45) is 0 Å². The fourth-order valence-corrected chi connectivity index (χ4v) is 24.6. The van der Waals surface area contributed by atoms with Crippen LogP contribution in [0, 0.1) is 0 Å². The van der Waals surface area contributed by atoms with Crippen LogP contribution in [0.15, 0.2) is 303 Å². The van der Waals surface area contributed by atoms with Crippen molar-refractivity contribution in [2.75, 3.05) is 4.90 Å². The van der Waals surface area contributed by atoms with Crippen LogP contribution in [0.1, 0.15) is 23.6 Å². The van der Waals surface area contributed by atoms with Crippen molar-refractivity contribution < 1.29 is 0 Å². The number of hydrogen-bond acceptors (Lipinski definition) is 1. The van der Waals surface area contributed by atoms with E-state index < -0.39 is 16.1 Å². The minimum atomic E-state index is -2.80. The van der Waals surface area contributed by atoms with E-state index in [-0.39, 0.29) is 5.41 Å². The number of hydrogen-bond donors (Lipinski definition) is 0. The minimum Gasteiger partial charge on any atom is -0.310 e. The molecule has 2 aliphatic heterocycles. The van der Waals surface area contributed by atoms with Gasteiger partial charge in [-0.1, -0.05) is 267 Å². The van der Waals surface area contributed by atoms with Crippen LogP contribution in [0.2, 0.25) is 0 Å². The van der Waals surface area contributed by atoms with Gasteiger partial charge in [0.1, 0.15) is 0 Å². The van der Waals surface area contributed by atoms with Gasteiger partial charge in [0, 0.05) is 22.5 Å². The van der Waals surface area contributed by atoms with Gasteiger partial charge < -0.3 is 4.90 Å². The number of nitrogens with zero attached hydrogens (tertiary/aromatic N) is 1. The molecule has 3 heteroatoms. The lowest BCUT2D eigenvalue weighted by Gasteiger charge is -2.34. The average Bonchev–Trinajstić information content (AvgIpc) is 4.24. The molecule has 0 atom stereocenters. The van der Waals surface area contributed by atoms with Crippen LogP contribution in [-0.4, -0.2) is 16.1 Å². The van der Waals surface area contributed by atoms with Gasteiger partial charge in [-0.3, -0.25) is 0 Å². The predicted molar refractivity (Wildman–Crippen MR) is 329 cm³/mol. The molecule has 12 aromatic carbocycles. The molecule has 2 heterocycles. The van der Waals surface area contributed by atoms with Gasteiger partial charge in [-0.2, -0.15) is 0 Å². The topological polar surface area (TPSA) is 3.24 Å². The van der Waals surface area contributed by atoms with Crippen molar-refractivity contribution in [3.8, 4) is 44.5 Å². The summed E-state index contributed by atoms with van der Waals surface area (Å²) in [5.74, 6) is 0. The number of rotatable bonds is 9. The highest BCUT2D eigenvalue weighted by Gasteiger charge is 2.50. The van der Waals surface area contributed by atoms with E-state index in [1.165, 1.54) is 103 Å². The zero-order valence-corrected chi connectivity index (χ0v) is 44.8. The Morgan fingerprint density at radius 3 is 1.17 bits per heavy atom. The molecule has 0 bridgehead atoms. The molecule has 77 heavy (non-hydrogen) atoms. The summed E-state index contributed by atoms with van der Waals surface area (Å²) in [6, 6.07) is 115. The van der Waals surface area contributed by atoms with E-state index in [1.54, 1.807) is 0 Å². The highest BCUT2D eigenvalue weighted by molar-refractivity contribution is 7.23. The first-order valence-electron chi connectivity index (χ1n) is 27.0. The first-order valence-corrected chi connectivity index (χ1v) is 31.0. The Balaban J connectivity index is 0.915. The third-order valence-electron chi connectivity index (χ3n) is 17.5. The van der Waals surface area contributed by atoms with Gasteiger partial charge in [-0.25, -0.2) is 0 Å². The molecule has 0 fully saturated rings. The Morgan fingerprint density at radius 1 is 0.260 bits per heavy atom. The summed E-state index contributed by atoms with van der Waals surface area (Å²) < 4.78 is 0. The average molecular weight is 1010 g/mol. The summed E-state index contributed by atoms with van der Waals surface area (Å²) in [7, 11) is -5.47. The van der Waals surface area contributed by atoms with E-state index in [0.29, 0.717) is 0 Å². The first kappa shape index (κ1) is 45.3. The van der Waals surface area contributed by atoms with Gasteiger partial charge in [-0.05, 0) is 146 Å². The van der Waals surface area contributed by atoms with Crippen LogP contribution < -0.4 is 46.4 Å². The van der Waals surface area contributed by atoms with Gasteiger partial charge in [0.15, 0.2) is 16.1 Å². The molecule has 0 saturated heterocycles. The van der Waals surface area contributed by atoms with Crippen molar-refractivity contribution in [1.82, 2.24) is 0 Å². The van der Waals surface area contributed by atoms with E-state index in [4.69, 9.17) is 0 Å². The van der Waals surface area contributed by atoms with E-state index in [0.717, 1.165) is 17.1 Å². The summed E-state index contributed by atoms with van der Waals surface area (Å²) in [5.41, 5.74) is 17.4. The van der Waals surface area contributed by atoms with Crippen molar-refractivity contribution in [3.05, 3.63) is 320 Å². The molecule has 0 aromatic heterocycles. The quantitative estimate of drug-likeness (QED) is 0.130. The molecule has 1 aliphatic carbocycles. The fraction of sp³-hybridized carbons (Fsp3) is 0.0270. The van der Waals surface area contributed by atoms with Crippen molar-refractivity contribution in [3.63, 3.8) is 0 Å². The Kier molecular flexibility index (Phi) is 10.4. The van der Waals surface area contributed by atoms with Crippen LogP contribution >= 0.6 is 0 Å². The molecule has 0 saturated carbocycles. The lowest BCUT2D eigenvalue weighted by Crippen LogP contribution is -2.72. The first-order chi connectivity index (χ1) is 38.1. The summed E-state index contributed by atoms with van der Waals surface area (Å²) in [5, 5.41) is 11.4. The molecule has 12 aromatic rings. The van der Waals surface area contributed by atoms with Gasteiger partial charge in [0.25, 0.3) is 0 Å². The van der Waals surface area contributed by atoms with Crippen molar-refractivity contribution in [2.45, 2.75) is 12.3 Å². The summed E-state index contributed by atoms with van der Waals surface area (Å²) in [6.45, 7) is 2.42. The maximum absolute atomic E-state index is 2.80. The van der Waals surface area contributed by atoms with E-state index in [9.17, 15) is 0 Å². The summed E-state index contributed by atoms with van der Waals surface area (Å²) >= 11 is 0. The largest absolute Gasteiger partial charge is 0.310 e. The summed E-state index contributed by atoms with van der Waals surface area (Å²) in [4.78, 5) is 2.51. The van der Waals surface area contributed by atoms with Crippen LogP contribution in [0.25, 0.3) is 44.5 Å². The van der Waals surface area contributed by atoms with Crippen LogP contribution in [-0.2, 0) is 5.41 Å². The molecule has 0 spiro atoms. The normalized spacial score (nSPS) is 14.4. The van der Waals surface area contributed by atoms with Gasteiger partial charge in [0.05, 0.1) is 0 Å². The molecule has 0 N–H and O–H groups in total. The Morgan fingerprint density at radius 2 is 0.649 bits per heavy atom. The van der Waals surface area contributed by atoms with Gasteiger partial charge >= 0.3 is 0 Å². The standard InChI is InChI=1S/C74H53NSi2/c1-74(68-38-16-11-33-62(68)63-34-12-17-39-69(63)74)54-23-21-24-56(50-54)75(57-25-22-32-61(51-57)77(60-30-9-4-10-31-60)71-41-19-13-35-64(71)65-36-14-20-42-72(65)77)55-46-43-52(44-47-55)53-45-48-67-66-37-15-18-40-70(66)76(73(67)49-53,58-26-5-2-6-27-58)59-28-7-3-8-29-59/h2-51H,1H3. The molecule has 3 aliphatic rings. The lowest BCUT2D eigenvalue weighted by molar-refractivity contribution is 0.714. The predicted octanol–water partition coefficient (Wildman–Crippen LogP) is 12.9. The Hall–Kier alpha value is -9.13. The van der Waals surface area contributed by atoms with Crippen molar-refractivity contribution >= 4 is 74.7 Å². The summed E-state index contributed by atoms with van der Waals surface area (Å²) in [6.07, 6.45) is 0. The maximum atomic E-state index is 2.53. The smallest absolute Gasteiger partial charge is 0.180 e. The third kappa shape index (κ3) is 6.58. The molecule has 15 rings (SSSR count). The highest BCUT2D eigenvalue weighted by Crippen LogP contribution is 2.53. The Bertz CT molecular complexity index is 4110. The number of anilines is 3.